The molecule has 0 bridgehead atoms. The van der Waals surface area contributed by atoms with Crippen LogP contribution >= 0.6 is 11.6 Å². The minimum atomic E-state index is -3.82. The second kappa shape index (κ2) is 8.13. The maximum absolute atomic E-state index is 13.0. The van der Waals surface area contributed by atoms with Crippen molar-refractivity contribution >= 4 is 34.2 Å². The molecule has 2 aromatic heterocycles. The second-order valence-corrected chi connectivity index (χ2v) is 8.15. The van der Waals surface area contributed by atoms with E-state index in [2.05, 4.69) is 29.8 Å². The van der Waals surface area contributed by atoms with Crippen molar-refractivity contribution in [3.63, 3.8) is 0 Å². The number of aliphatic hydroxyl groups is 1. The number of fused-ring (bicyclic) bond motifs is 3. The topological polar surface area (TPSA) is 105 Å². The van der Waals surface area contributed by atoms with Crippen molar-refractivity contribution in [3.05, 3.63) is 60.0 Å². The molecule has 3 heterocycles. The predicted molar refractivity (Wildman–Crippen MR) is 117 cm³/mol. The summed E-state index contributed by atoms with van der Waals surface area (Å²) in [5, 5.41) is 19.7. The van der Waals surface area contributed by atoms with Gasteiger partial charge >= 0.3 is 5.57 Å². The van der Waals surface area contributed by atoms with Gasteiger partial charge in [0, 0.05) is 47.6 Å². The molecule has 33 heavy (non-hydrogen) atoms. The SMILES string of the molecule is O=C(Nc1ccc(OC(F)(F)Cl)cc1)c1cc(-c2ccn[nH]2)c2c(c1)nc1n2CC[C@@H](O)C1. The number of nitrogens with zero attached hydrogens (tertiary/aromatic N) is 3. The van der Waals surface area contributed by atoms with Gasteiger partial charge < -0.3 is 19.7 Å². The number of halogens is 3. The Kier molecular flexibility index (Phi) is 5.26. The summed E-state index contributed by atoms with van der Waals surface area (Å²) in [6, 6.07) is 10.7. The lowest BCUT2D eigenvalue weighted by Crippen LogP contribution is -2.23. The van der Waals surface area contributed by atoms with Gasteiger partial charge in [0.1, 0.15) is 11.6 Å². The Morgan fingerprint density at radius 2 is 2.06 bits per heavy atom. The second-order valence-electron chi connectivity index (χ2n) is 7.71. The average Bonchev–Trinajstić information content (AvgIpc) is 3.40. The Labute approximate surface area is 191 Å². The molecule has 11 heteroatoms. The van der Waals surface area contributed by atoms with Gasteiger partial charge in [-0.3, -0.25) is 9.89 Å². The minimum absolute atomic E-state index is 0.137. The number of aliphatic hydroxyl groups excluding tert-OH is 1. The molecule has 1 amide bonds. The Bertz CT molecular complexity index is 1320. The first-order valence-corrected chi connectivity index (χ1v) is 10.5. The van der Waals surface area contributed by atoms with Crippen LogP contribution in [0.1, 0.15) is 22.6 Å². The first kappa shape index (κ1) is 21.4. The van der Waals surface area contributed by atoms with Crippen molar-refractivity contribution in [2.75, 3.05) is 5.32 Å². The van der Waals surface area contributed by atoms with Crippen molar-refractivity contribution in [1.29, 1.82) is 0 Å². The summed E-state index contributed by atoms with van der Waals surface area (Å²) in [5.74, 6) is 0.218. The summed E-state index contributed by atoms with van der Waals surface area (Å²) in [6.07, 6.45) is 2.24. The van der Waals surface area contributed by atoms with E-state index in [4.69, 9.17) is 11.6 Å². The van der Waals surface area contributed by atoms with Crippen molar-refractivity contribution < 1.29 is 23.4 Å². The molecule has 0 spiro atoms. The maximum Gasteiger partial charge on any atom is 0.487 e. The predicted octanol–water partition coefficient (Wildman–Crippen LogP) is 4.15. The monoisotopic (exact) mass is 473 g/mol. The standard InChI is InChI=1S/C22H18ClF2N5O3/c23-22(24,25)33-15-3-1-13(2-4-15)27-21(32)12-9-16(17-5-7-26-29-17)20-18(10-12)28-19-11-14(31)6-8-30(19)20/h1-5,7,9-10,14,31H,6,8,11H2,(H,26,29)(H,27,32)/t14-/m1/s1. The normalized spacial score (nSPS) is 15.9. The van der Waals surface area contributed by atoms with Crippen LogP contribution in [-0.4, -0.2) is 42.4 Å². The van der Waals surface area contributed by atoms with Crippen LogP contribution in [0.4, 0.5) is 14.5 Å². The third kappa shape index (κ3) is 4.39. The van der Waals surface area contributed by atoms with Gasteiger partial charge in [-0.15, -0.1) is 8.78 Å². The third-order valence-corrected chi connectivity index (χ3v) is 5.50. The summed E-state index contributed by atoms with van der Waals surface area (Å²) in [5.41, 5.74) is -0.0874. The van der Waals surface area contributed by atoms with Crippen LogP contribution in [0.25, 0.3) is 22.3 Å². The number of carbonyl (C=O) groups excluding carboxylic acids is 1. The summed E-state index contributed by atoms with van der Waals surface area (Å²) in [7, 11) is 0. The molecule has 1 aliphatic heterocycles. The van der Waals surface area contributed by atoms with E-state index < -0.39 is 17.6 Å². The average molecular weight is 474 g/mol. The fourth-order valence-corrected chi connectivity index (χ4v) is 4.08. The Hall–Kier alpha value is -3.50. The number of ether oxygens (including phenoxy) is 1. The van der Waals surface area contributed by atoms with Crippen LogP contribution in [0.5, 0.6) is 5.75 Å². The number of imidazole rings is 1. The summed E-state index contributed by atoms with van der Waals surface area (Å²) in [4.78, 5) is 17.7. The molecule has 2 aromatic carbocycles. The molecule has 5 rings (SSSR count). The number of nitrogens with one attached hydrogen (secondary N) is 2. The quantitative estimate of drug-likeness (QED) is 0.378. The molecule has 0 radical (unpaired) electrons. The van der Waals surface area contributed by atoms with Gasteiger partial charge in [0.2, 0.25) is 0 Å². The van der Waals surface area contributed by atoms with Crippen LogP contribution in [0.2, 0.25) is 0 Å². The highest BCUT2D eigenvalue weighted by molar-refractivity contribution is 6.20. The fraction of sp³-hybridized carbons (Fsp3) is 0.227. The summed E-state index contributed by atoms with van der Waals surface area (Å²) < 4.78 is 31.9. The fourth-order valence-electron chi connectivity index (χ4n) is 3.99. The smallest absolute Gasteiger partial charge is 0.420 e. The van der Waals surface area contributed by atoms with Gasteiger partial charge in [-0.2, -0.15) is 5.10 Å². The number of aryl methyl sites for hydroxylation is 1. The number of aromatic nitrogens is 4. The Morgan fingerprint density at radius 1 is 1.27 bits per heavy atom. The molecular weight excluding hydrogens is 456 g/mol. The lowest BCUT2D eigenvalue weighted by atomic mass is 10.0. The molecular formula is C22H18ClF2N5O3. The lowest BCUT2D eigenvalue weighted by molar-refractivity contribution is -0.0964. The molecule has 0 fully saturated rings. The highest BCUT2D eigenvalue weighted by Gasteiger charge is 2.27. The number of hydrogen-bond acceptors (Lipinski definition) is 5. The molecule has 0 saturated heterocycles. The zero-order valence-corrected chi connectivity index (χ0v) is 17.8. The van der Waals surface area contributed by atoms with E-state index in [0.717, 1.165) is 22.6 Å². The maximum atomic E-state index is 13.0. The van der Waals surface area contributed by atoms with Crippen LogP contribution in [-0.2, 0) is 13.0 Å². The van der Waals surface area contributed by atoms with Crippen LogP contribution in [0.15, 0.2) is 48.7 Å². The molecule has 0 aliphatic carbocycles. The number of H-pyrrole nitrogens is 1. The highest BCUT2D eigenvalue weighted by atomic mass is 35.5. The van der Waals surface area contributed by atoms with E-state index >= 15 is 0 Å². The van der Waals surface area contributed by atoms with Crippen molar-refractivity contribution in [2.24, 2.45) is 0 Å². The van der Waals surface area contributed by atoms with Crippen molar-refractivity contribution in [1.82, 2.24) is 19.7 Å². The van der Waals surface area contributed by atoms with E-state index in [9.17, 15) is 18.7 Å². The summed E-state index contributed by atoms with van der Waals surface area (Å²) >= 11 is 4.77. The van der Waals surface area contributed by atoms with Crippen LogP contribution in [0, 0.1) is 0 Å². The van der Waals surface area contributed by atoms with Gasteiger partial charge in [-0.1, -0.05) is 0 Å². The molecule has 8 nitrogen and oxygen atoms in total. The number of carbonyl (C=O) groups is 1. The Morgan fingerprint density at radius 3 is 2.76 bits per heavy atom. The first-order valence-electron chi connectivity index (χ1n) is 10.1. The molecule has 3 N–H and O–H groups in total. The first-order chi connectivity index (χ1) is 15.8. The third-order valence-electron chi connectivity index (χ3n) is 5.42. The molecule has 1 atom stereocenters. The zero-order valence-electron chi connectivity index (χ0n) is 17.1. The van der Waals surface area contributed by atoms with Gasteiger partial charge in [0.05, 0.1) is 22.8 Å². The van der Waals surface area contributed by atoms with Gasteiger partial charge in [0.25, 0.3) is 5.91 Å². The molecule has 0 saturated carbocycles. The van der Waals surface area contributed by atoms with Gasteiger partial charge in [-0.25, -0.2) is 4.98 Å². The van der Waals surface area contributed by atoms with E-state index in [1.165, 1.54) is 24.3 Å². The molecule has 1 aliphatic rings. The Balaban J connectivity index is 1.49. The van der Waals surface area contributed by atoms with Crippen molar-refractivity contribution in [3.8, 4) is 17.0 Å². The number of hydrogen-bond donors (Lipinski definition) is 3. The lowest BCUT2D eigenvalue weighted by Gasteiger charge is -2.20. The highest BCUT2D eigenvalue weighted by Crippen LogP contribution is 2.33. The molecule has 170 valence electrons. The number of aromatic amines is 1. The largest absolute Gasteiger partial charge is 0.487 e. The molecule has 4 aromatic rings. The number of alkyl halides is 3. The van der Waals surface area contributed by atoms with E-state index in [-0.39, 0.29) is 5.75 Å². The number of amides is 1. The van der Waals surface area contributed by atoms with Crippen LogP contribution in [0.3, 0.4) is 0 Å². The van der Waals surface area contributed by atoms with Gasteiger partial charge in [0.15, 0.2) is 0 Å². The summed E-state index contributed by atoms with van der Waals surface area (Å²) in [6.45, 7) is 0.620. The van der Waals surface area contributed by atoms with E-state index in [1.54, 1.807) is 24.4 Å². The van der Waals surface area contributed by atoms with E-state index in [1.807, 2.05) is 0 Å². The minimum Gasteiger partial charge on any atom is -0.420 e. The number of anilines is 1. The van der Waals surface area contributed by atoms with E-state index in [0.29, 0.717) is 36.2 Å². The van der Waals surface area contributed by atoms with Gasteiger partial charge in [-0.05, 0) is 48.9 Å². The number of rotatable bonds is 5. The van der Waals surface area contributed by atoms with Crippen LogP contribution < -0.4 is 10.1 Å². The molecule has 0 unspecified atom stereocenters. The zero-order chi connectivity index (χ0) is 23.2. The number of benzene rings is 2. The van der Waals surface area contributed by atoms with Crippen molar-refractivity contribution in [2.45, 2.75) is 31.1 Å².